The number of phenols is 1. The van der Waals surface area contributed by atoms with Gasteiger partial charge < -0.3 is 19.8 Å². The molecule has 4 aromatic rings. The van der Waals surface area contributed by atoms with Gasteiger partial charge in [-0.3, -0.25) is 24.6 Å². The number of nitrogens with zero attached hydrogens (tertiary/aromatic N) is 4. The Morgan fingerprint density at radius 3 is 2.28 bits per heavy atom. The van der Waals surface area contributed by atoms with E-state index in [1.807, 2.05) is 18.2 Å². The number of amides is 3. The van der Waals surface area contributed by atoms with E-state index in [4.69, 9.17) is 0 Å². The van der Waals surface area contributed by atoms with Crippen LogP contribution in [0.25, 0.3) is 0 Å². The molecule has 10 rings (SSSR count). The molecule has 57 heavy (non-hydrogen) atoms. The average Bonchev–Trinajstić information content (AvgIpc) is 3.56. The third kappa shape index (κ3) is 6.58. The van der Waals surface area contributed by atoms with Crippen LogP contribution in [0.4, 0.5) is 11.4 Å². The number of carbonyl (C=O) groups excluding carboxylic acids is 3. The van der Waals surface area contributed by atoms with Gasteiger partial charge in [0.25, 0.3) is 5.91 Å². The summed E-state index contributed by atoms with van der Waals surface area (Å²) in [6.45, 7) is 7.66. The minimum atomic E-state index is -0.585. The highest BCUT2D eigenvalue weighted by atomic mass is 16.3. The summed E-state index contributed by atoms with van der Waals surface area (Å²) in [5.41, 5.74) is 11.3. The molecule has 2 aliphatic carbocycles. The van der Waals surface area contributed by atoms with Gasteiger partial charge in [-0.05, 0) is 133 Å². The van der Waals surface area contributed by atoms with Gasteiger partial charge in [-0.25, -0.2) is 0 Å². The van der Waals surface area contributed by atoms with Crippen LogP contribution in [0.5, 0.6) is 5.75 Å². The number of hydrogen-bond donors (Lipinski definition) is 2. The third-order valence-electron chi connectivity index (χ3n) is 14.4. The zero-order chi connectivity index (χ0) is 38.7. The van der Waals surface area contributed by atoms with E-state index in [0.717, 1.165) is 76.3 Å². The van der Waals surface area contributed by atoms with E-state index in [1.165, 1.54) is 59.2 Å². The van der Waals surface area contributed by atoms with E-state index < -0.39 is 6.04 Å². The second-order valence-electron chi connectivity index (χ2n) is 17.5. The van der Waals surface area contributed by atoms with Crippen molar-refractivity contribution in [2.24, 2.45) is 5.92 Å². The fraction of sp³-hybridized carbons (Fsp3) is 0.438. The zero-order valence-electron chi connectivity index (χ0n) is 32.8. The van der Waals surface area contributed by atoms with Crippen LogP contribution in [-0.4, -0.2) is 84.5 Å². The number of fused-ring (bicyclic) bond motifs is 4. The monoisotopic (exact) mass is 763 g/mol. The molecule has 0 aromatic heterocycles. The molecular weight excluding hydrogens is 711 g/mol. The van der Waals surface area contributed by atoms with Crippen LogP contribution in [0, 0.1) is 5.92 Å². The van der Waals surface area contributed by atoms with Crippen LogP contribution >= 0.6 is 0 Å². The molecule has 0 bridgehead atoms. The number of imide groups is 1. The van der Waals surface area contributed by atoms with Gasteiger partial charge in [-0.2, -0.15) is 0 Å². The lowest BCUT2D eigenvalue weighted by Crippen LogP contribution is -2.52. The molecule has 4 aliphatic heterocycles. The summed E-state index contributed by atoms with van der Waals surface area (Å²) in [4.78, 5) is 46.6. The molecule has 4 heterocycles. The smallest absolute Gasteiger partial charge is 0.255 e. The van der Waals surface area contributed by atoms with Gasteiger partial charge in [-0.1, -0.05) is 42.5 Å². The first-order valence-corrected chi connectivity index (χ1v) is 21.3. The molecule has 9 nitrogen and oxygen atoms in total. The number of benzene rings is 4. The van der Waals surface area contributed by atoms with E-state index in [9.17, 15) is 19.5 Å². The topological polar surface area (TPSA) is 96.4 Å². The number of hydrogen-bond acceptors (Lipinski definition) is 7. The van der Waals surface area contributed by atoms with Crippen molar-refractivity contribution in [3.05, 3.63) is 124 Å². The average molecular weight is 764 g/mol. The molecule has 3 atom stereocenters. The van der Waals surface area contributed by atoms with Gasteiger partial charge >= 0.3 is 0 Å². The van der Waals surface area contributed by atoms with Crippen LogP contribution in [0.1, 0.15) is 94.6 Å². The Morgan fingerprint density at radius 1 is 0.702 bits per heavy atom. The highest BCUT2D eigenvalue weighted by molar-refractivity contribution is 6.05. The van der Waals surface area contributed by atoms with Crippen molar-refractivity contribution in [1.29, 1.82) is 0 Å². The van der Waals surface area contributed by atoms with Crippen LogP contribution in [0.3, 0.4) is 0 Å². The molecular formula is C48H53N5O4. The number of piperidine rings is 2. The van der Waals surface area contributed by atoms with Gasteiger partial charge in [-0.15, -0.1) is 0 Å². The lowest BCUT2D eigenvalue weighted by atomic mass is 9.54. The number of aromatic hydroxyl groups is 1. The Morgan fingerprint density at radius 2 is 1.47 bits per heavy atom. The zero-order valence-corrected chi connectivity index (χ0v) is 32.8. The number of aryl methyl sites for hydroxylation is 2. The summed E-state index contributed by atoms with van der Waals surface area (Å²) in [5.74, 6) is 0.576. The maximum Gasteiger partial charge on any atom is 0.255 e. The van der Waals surface area contributed by atoms with Crippen molar-refractivity contribution in [1.82, 2.24) is 15.1 Å². The summed E-state index contributed by atoms with van der Waals surface area (Å²) in [7, 11) is 0. The first-order chi connectivity index (χ1) is 27.8. The highest BCUT2D eigenvalue weighted by Crippen LogP contribution is 2.56. The fourth-order valence-electron chi connectivity index (χ4n) is 11.5. The molecule has 294 valence electrons. The second-order valence-corrected chi connectivity index (χ2v) is 17.5. The van der Waals surface area contributed by atoms with Gasteiger partial charge in [0.1, 0.15) is 11.8 Å². The first kappa shape index (κ1) is 36.2. The lowest BCUT2D eigenvalue weighted by Gasteiger charge is -2.49. The first-order valence-electron chi connectivity index (χ1n) is 21.3. The number of phenolic OH excluding ortho intramolecular Hbond substituents is 1. The van der Waals surface area contributed by atoms with Crippen LogP contribution < -0.4 is 15.1 Å². The Balaban J connectivity index is 0.753. The van der Waals surface area contributed by atoms with Gasteiger partial charge in [0, 0.05) is 87.0 Å². The van der Waals surface area contributed by atoms with Crippen LogP contribution in [-0.2, 0) is 34.4 Å². The molecule has 4 aromatic carbocycles. The maximum atomic E-state index is 13.2. The van der Waals surface area contributed by atoms with E-state index in [0.29, 0.717) is 30.2 Å². The predicted molar refractivity (Wildman–Crippen MR) is 222 cm³/mol. The number of piperazine rings is 1. The molecule has 3 fully saturated rings. The van der Waals surface area contributed by atoms with Crippen molar-refractivity contribution in [2.75, 3.05) is 55.6 Å². The summed E-state index contributed by atoms with van der Waals surface area (Å²) < 4.78 is 0. The van der Waals surface area contributed by atoms with Gasteiger partial charge in [0.05, 0.1) is 0 Å². The number of rotatable bonds is 6. The molecule has 0 unspecified atom stereocenters. The maximum absolute atomic E-state index is 13.2. The van der Waals surface area contributed by atoms with Gasteiger partial charge in [0.15, 0.2) is 0 Å². The minimum Gasteiger partial charge on any atom is -0.508 e. The molecule has 9 heteroatoms. The summed E-state index contributed by atoms with van der Waals surface area (Å²) >= 11 is 0. The number of nitrogens with one attached hydrogen (secondary N) is 1. The van der Waals surface area contributed by atoms with Crippen molar-refractivity contribution in [3.8, 4) is 5.75 Å². The van der Waals surface area contributed by atoms with Crippen molar-refractivity contribution < 1.29 is 19.5 Å². The largest absolute Gasteiger partial charge is 0.508 e. The van der Waals surface area contributed by atoms with Crippen LogP contribution in [0.2, 0.25) is 0 Å². The molecule has 6 aliphatic rings. The van der Waals surface area contributed by atoms with Crippen molar-refractivity contribution in [3.63, 3.8) is 0 Å². The van der Waals surface area contributed by atoms with Gasteiger partial charge in [0.2, 0.25) is 11.8 Å². The van der Waals surface area contributed by atoms with Crippen molar-refractivity contribution in [2.45, 2.75) is 81.7 Å². The van der Waals surface area contributed by atoms with Crippen molar-refractivity contribution >= 4 is 29.1 Å². The molecule has 3 saturated heterocycles. The minimum absolute atomic E-state index is 0.0764. The predicted octanol–water partition coefficient (Wildman–Crippen LogP) is 6.54. The highest BCUT2D eigenvalue weighted by Gasteiger charge is 2.47. The molecule has 0 radical (unpaired) electrons. The molecule has 0 saturated carbocycles. The summed E-state index contributed by atoms with van der Waals surface area (Å²) in [5, 5.41) is 12.8. The Labute approximate surface area is 335 Å². The van der Waals surface area contributed by atoms with E-state index in [-0.39, 0.29) is 35.5 Å². The number of carbonyl (C=O) groups is 3. The molecule has 3 amide bonds. The molecule has 2 N–H and O–H groups in total. The quantitative estimate of drug-likeness (QED) is 0.216. The Bertz CT molecular complexity index is 2200. The summed E-state index contributed by atoms with van der Waals surface area (Å²) in [6, 6.07) is 30.3. The molecule has 1 spiro atoms. The second kappa shape index (κ2) is 14.7. The Kier molecular flexibility index (Phi) is 9.31. The normalized spacial score (nSPS) is 25.3. The number of anilines is 2. The fourth-order valence-corrected chi connectivity index (χ4v) is 11.5. The lowest BCUT2D eigenvalue weighted by molar-refractivity contribution is -0.136. The van der Waals surface area contributed by atoms with E-state index >= 15 is 0 Å². The Hall–Kier alpha value is -5.15. The van der Waals surface area contributed by atoms with Crippen LogP contribution in [0.15, 0.2) is 84.9 Å². The van der Waals surface area contributed by atoms with E-state index in [2.05, 4.69) is 86.7 Å². The SMILES string of the molecule is O=C1CC[C@H](N2Cc3cc(N4CCN(CC5CCN(c6ccc([C@@H]7c8ccc(O)cc8CC[C@]78CCCc7ccccc78)cc6)CC5)CC4)ccc3C2=O)C(=O)N1. The van der Waals surface area contributed by atoms with E-state index in [1.54, 1.807) is 4.90 Å². The standard InChI is InChI=1S/C48H53N5O4/c54-39-12-14-40-35(29-39)17-21-48(20-3-5-33-4-1-2-6-42(33)48)45(40)34-7-9-37(10-8-34)51-22-18-32(19-23-51)30-50-24-26-52(27-25-50)38-11-13-41-36(28-38)31-53(47(41)57)43-15-16-44(55)49-46(43)56/h1-2,4,6-14,28-29,32,43,45,54H,3,5,15-27,30-31H2,(H,49,55,56)/t43-,45+,48-/m0/s1. The third-order valence-corrected chi connectivity index (χ3v) is 14.4. The summed E-state index contributed by atoms with van der Waals surface area (Å²) in [6.07, 6.45) is 8.73.